The van der Waals surface area contributed by atoms with Crippen LogP contribution in [-0.2, 0) is 11.3 Å². The van der Waals surface area contributed by atoms with Gasteiger partial charge in [-0.3, -0.25) is 9.59 Å². The lowest BCUT2D eigenvalue weighted by Gasteiger charge is -2.19. The second kappa shape index (κ2) is 9.13. The minimum Gasteiger partial charge on any atom is -0.349 e. The van der Waals surface area contributed by atoms with E-state index in [9.17, 15) is 14.0 Å². The van der Waals surface area contributed by atoms with E-state index in [1.54, 1.807) is 54.6 Å². The number of benzene rings is 2. The molecule has 144 valence electrons. The van der Waals surface area contributed by atoms with Gasteiger partial charge in [0.15, 0.2) is 0 Å². The number of hydrogen-bond donors (Lipinski definition) is 1. The van der Waals surface area contributed by atoms with E-state index in [-0.39, 0.29) is 24.2 Å². The first-order valence-electron chi connectivity index (χ1n) is 9.29. The van der Waals surface area contributed by atoms with Crippen molar-refractivity contribution in [2.75, 3.05) is 6.54 Å². The lowest BCUT2D eigenvalue weighted by atomic mass is 10.1. The number of halogens is 1. The van der Waals surface area contributed by atoms with Gasteiger partial charge in [0.1, 0.15) is 5.82 Å². The Morgan fingerprint density at radius 3 is 2.50 bits per heavy atom. The third kappa shape index (κ3) is 5.39. The van der Waals surface area contributed by atoms with Crippen molar-refractivity contribution in [1.82, 2.24) is 10.2 Å². The van der Waals surface area contributed by atoms with Gasteiger partial charge in [0.05, 0.1) is 0 Å². The third-order valence-electron chi connectivity index (χ3n) is 4.48. The molecule has 5 heteroatoms. The van der Waals surface area contributed by atoms with E-state index in [0.29, 0.717) is 23.7 Å². The van der Waals surface area contributed by atoms with Gasteiger partial charge in [0, 0.05) is 36.3 Å². The van der Waals surface area contributed by atoms with Gasteiger partial charge in [0.25, 0.3) is 5.91 Å². The van der Waals surface area contributed by atoms with Gasteiger partial charge in [-0.05, 0) is 42.7 Å². The number of rotatable bonds is 8. The van der Waals surface area contributed by atoms with E-state index >= 15 is 0 Å². The zero-order valence-electron chi connectivity index (χ0n) is 15.6. The maximum Gasteiger partial charge on any atom is 0.251 e. The molecule has 3 rings (SSSR count). The van der Waals surface area contributed by atoms with Gasteiger partial charge in [-0.2, -0.15) is 0 Å². The van der Waals surface area contributed by atoms with Crippen molar-refractivity contribution in [2.24, 2.45) is 0 Å². The summed E-state index contributed by atoms with van der Waals surface area (Å²) < 4.78 is 13.9. The minimum atomic E-state index is -0.339. The zero-order chi connectivity index (χ0) is 19.9. The Labute approximate surface area is 164 Å². The standard InChI is InChI=1S/C23H23FN2O2/c1-2-15-26(16-19-5-3-4-6-21(19)24)22(27)14-9-17-7-10-18(11-8-17)23(28)25-20-12-13-20/h2-11,14,20H,1,12-13,15-16H2,(H,25,28)/b14-9+. The summed E-state index contributed by atoms with van der Waals surface area (Å²) in [5.74, 6) is -0.650. The molecule has 1 N–H and O–H groups in total. The Balaban J connectivity index is 1.63. The van der Waals surface area contributed by atoms with Crippen molar-refractivity contribution in [1.29, 1.82) is 0 Å². The van der Waals surface area contributed by atoms with Gasteiger partial charge in [-0.25, -0.2) is 4.39 Å². The van der Waals surface area contributed by atoms with E-state index < -0.39 is 0 Å². The molecule has 0 aliphatic heterocycles. The Kier molecular flexibility index (Phi) is 6.37. The van der Waals surface area contributed by atoms with Crippen LogP contribution >= 0.6 is 0 Å². The smallest absolute Gasteiger partial charge is 0.251 e. The van der Waals surface area contributed by atoms with Gasteiger partial charge in [0.2, 0.25) is 5.91 Å². The summed E-state index contributed by atoms with van der Waals surface area (Å²) in [5, 5.41) is 2.94. The van der Waals surface area contributed by atoms with Crippen LogP contribution in [0.5, 0.6) is 0 Å². The molecule has 0 spiro atoms. The number of carbonyl (C=O) groups is 2. The predicted octanol–water partition coefficient (Wildman–Crippen LogP) is 3.95. The van der Waals surface area contributed by atoms with Crippen molar-refractivity contribution in [3.05, 3.63) is 89.8 Å². The second-order valence-electron chi connectivity index (χ2n) is 6.80. The molecule has 0 saturated heterocycles. The molecule has 1 fully saturated rings. The lowest BCUT2D eigenvalue weighted by Crippen LogP contribution is -2.29. The number of carbonyl (C=O) groups excluding carboxylic acids is 2. The molecule has 2 aromatic rings. The van der Waals surface area contributed by atoms with Crippen LogP contribution in [0.4, 0.5) is 4.39 Å². The minimum absolute atomic E-state index is 0.0730. The molecule has 1 saturated carbocycles. The summed E-state index contributed by atoms with van der Waals surface area (Å²) in [7, 11) is 0. The number of nitrogens with one attached hydrogen (secondary N) is 1. The van der Waals surface area contributed by atoms with Crippen molar-refractivity contribution in [3.8, 4) is 0 Å². The quantitative estimate of drug-likeness (QED) is 0.559. The number of amides is 2. The van der Waals surface area contributed by atoms with Gasteiger partial charge in [-0.15, -0.1) is 6.58 Å². The molecule has 0 bridgehead atoms. The van der Waals surface area contributed by atoms with Gasteiger partial charge >= 0.3 is 0 Å². The topological polar surface area (TPSA) is 49.4 Å². The summed E-state index contributed by atoms with van der Waals surface area (Å²) in [6.07, 6.45) is 6.83. The van der Waals surface area contributed by atoms with Gasteiger partial charge in [-0.1, -0.05) is 36.4 Å². The van der Waals surface area contributed by atoms with Crippen molar-refractivity contribution in [2.45, 2.75) is 25.4 Å². The fourth-order valence-corrected chi connectivity index (χ4v) is 2.74. The van der Waals surface area contributed by atoms with E-state index in [1.807, 2.05) is 0 Å². The number of hydrogen-bond acceptors (Lipinski definition) is 2. The van der Waals surface area contributed by atoms with Crippen molar-refractivity contribution >= 4 is 17.9 Å². The first-order valence-corrected chi connectivity index (χ1v) is 9.29. The summed E-state index contributed by atoms with van der Waals surface area (Å²) in [5.41, 5.74) is 1.86. The van der Waals surface area contributed by atoms with Crippen LogP contribution in [0.1, 0.15) is 34.3 Å². The van der Waals surface area contributed by atoms with Crippen LogP contribution in [-0.4, -0.2) is 29.3 Å². The average molecular weight is 378 g/mol. The first kappa shape index (κ1) is 19.5. The summed E-state index contributed by atoms with van der Waals surface area (Å²) >= 11 is 0. The van der Waals surface area contributed by atoms with Crippen LogP contribution in [0.15, 0.2) is 67.3 Å². The number of nitrogens with zero attached hydrogens (tertiary/aromatic N) is 1. The van der Waals surface area contributed by atoms with Crippen LogP contribution in [0.25, 0.3) is 6.08 Å². The van der Waals surface area contributed by atoms with E-state index in [2.05, 4.69) is 11.9 Å². The molecule has 0 heterocycles. The molecule has 1 aliphatic rings. The Bertz CT molecular complexity index is 886. The molecule has 28 heavy (non-hydrogen) atoms. The average Bonchev–Trinajstić information content (AvgIpc) is 3.51. The summed E-state index contributed by atoms with van der Waals surface area (Å²) in [4.78, 5) is 26.0. The Hall–Kier alpha value is -3.21. The largest absolute Gasteiger partial charge is 0.349 e. The van der Waals surface area contributed by atoms with Crippen LogP contribution < -0.4 is 5.32 Å². The van der Waals surface area contributed by atoms with Crippen molar-refractivity contribution < 1.29 is 14.0 Å². The lowest BCUT2D eigenvalue weighted by molar-refractivity contribution is -0.126. The molecule has 0 atom stereocenters. The predicted molar refractivity (Wildman–Crippen MR) is 108 cm³/mol. The molecule has 4 nitrogen and oxygen atoms in total. The molecule has 0 radical (unpaired) electrons. The molecular formula is C23H23FN2O2. The normalized spacial score (nSPS) is 13.3. The maximum atomic E-state index is 13.9. The van der Waals surface area contributed by atoms with Crippen LogP contribution in [0, 0.1) is 5.82 Å². The highest BCUT2D eigenvalue weighted by atomic mass is 19.1. The Morgan fingerprint density at radius 2 is 1.86 bits per heavy atom. The molecule has 1 aliphatic carbocycles. The van der Waals surface area contributed by atoms with Gasteiger partial charge < -0.3 is 10.2 Å². The van der Waals surface area contributed by atoms with Crippen LogP contribution in [0.2, 0.25) is 0 Å². The first-order chi connectivity index (χ1) is 13.6. The molecule has 2 amide bonds. The fraction of sp³-hybridized carbons (Fsp3) is 0.217. The van der Waals surface area contributed by atoms with Crippen LogP contribution in [0.3, 0.4) is 0 Å². The van der Waals surface area contributed by atoms with E-state index in [4.69, 9.17) is 0 Å². The molecule has 0 aromatic heterocycles. The summed E-state index contributed by atoms with van der Waals surface area (Å²) in [6.45, 7) is 4.15. The SMILES string of the molecule is C=CCN(Cc1ccccc1F)C(=O)/C=C/c1ccc(C(=O)NC2CC2)cc1. The molecular weight excluding hydrogens is 355 g/mol. The highest BCUT2D eigenvalue weighted by Gasteiger charge is 2.23. The monoisotopic (exact) mass is 378 g/mol. The highest BCUT2D eigenvalue weighted by Crippen LogP contribution is 2.19. The Morgan fingerprint density at radius 1 is 1.14 bits per heavy atom. The summed E-state index contributed by atoms with van der Waals surface area (Å²) in [6, 6.07) is 13.8. The van der Waals surface area contributed by atoms with Crippen molar-refractivity contribution in [3.63, 3.8) is 0 Å². The highest BCUT2D eigenvalue weighted by molar-refractivity contribution is 5.95. The fourth-order valence-electron chi connectivity index (χ4n) is 2.74. The zero-order valence-corrected chi connectivity index (χ0v) is 15.6. The third-order valence-corrected chi connectivity index (χ3v) is 4.48. The van der Waals surface area contributed by atoms with E-state index in [1.165, 1.54) is 17.0 Å². The van der Waals surface area contributed by atoms with E-state index in [0.717, 1.165) is 18.4 Å². The molecule has 2 aromatic carbocycles. The second-order valence-corrected chi connectivity index (χ2v) is 6.80. The maximum absolute atomic E-state index is 13.9. The molecule has 0 unspecified atom stereocenters.